The SMILES string of the molecule is C=C(C)COCCn1c(CC)nc2c(N)nc3cc(OS(C)(=O)=O)ccc3c21. The van der Waals surface area contributed by atoms with Crippen LogP contribution in [0.15, 0.2) is 30.4 Å². The molecule has 150 valence electrons. The van der Waals surface area contributed by atoms with E-state index >= 15 is 0 Å². The van der Waals surface area contributed by atoms with Gasteiger partial charge in [-0.05, 0) is 19.1 Å². The lowest BCUT2D eigenvalue weighted by Gasteiger charge is -2.11. The zero-order chi connectivity index (χ0) is 20.5. The molecule has 28 heavy (non-hydrogen) atoms. The minimum atomic E-state index is -3.63. The van der Waals surface area contributed by atoms with Gasteiger partial charge in [0.2, 0.25) is 0 Å². The zero-order valence-corrected chi connectivity index (χ0v) is 17.0. The summed E-state index contributed by atoms with van der Waals surface area (Å²) in [6, 6.07) is 4.94. The van der Waals surface area contributed by atoms with Gasteiger partial charge in [-0.2, -0.15) is 8.42 Å². The molecule has 0 aliphatic heterocycles. The number of fused-ring (bicyclic) bond motifs is 3. The van der Waals surface area contributed by atoms with Gasteiger partial charge in [0.15, 0.2) is 5.82 Å². The molecule has 9 heteroatoms. The van der Waals surface area contributed by atoms with Gasteiger partial charge in [-0.25, -0.2) is 9.97 Å². The average Bonchev–Trinajstić information content (AvgIpc) is 2.96. The van der Waals surface area contributed by atoms with Gasteiger partial charge in [-0.3, -0.25) is 0 Å². The van der Waals surface area contributed by atoms with Crippen LogP contribution in [0.3, 0.4) is 0 Å². The van der Waals surface area contributed by atoms with Gasteiger partial charge in [0, 0.05) is 24.4 Å². The molecule has 0 radical (unpaired) electrons. The zero-order valence-electron chi connectivity index (χ0n) is 16.2. The second kappa shape index (κ2) is 7.76. The van der Waals surface area contributed by atoms with E-state index in [0.29, 0.717) is 30.8 Å². The monoisotopic (exact) mass is 404 g/mol. The van der Waals surface area contributed by atoms with E-state index in [1.807, 2.05) is 13.8 Å². The van der Waals surface area contributed by atoms with E-state index in [1.54, 1.807) is 18.2 Å². The largest absolute Gasteiger partial charge is 0.383 e. The Hall–Kier alpha value is -2.65. The number of aromatic nitrogens is 3. The smallest absolute Gasteiger partial charge is 0.306 e. The van der Waals surface area contributed by atoms with Crippen molar-refractivity contribution >= 4 is 37.9 Å². The van der Waals surface area contributed by atoms with Crippen molar-refractivity contribution in [2.45, 2.75) is 26.8 Å². The molecule has 0 aliphatic carbocycles. The Balaban J connectivity index is 2.10. The molecule has 0 spiro atoms. The number of ether oxygens (including phenoxy) is 1. The van der Waals surface area contributed by atoms with Crippen LogP contribution in [-0.4, -0.2) is 42.4 Å². The molecule has 1 aromatic carbocycles. The Morgan fingerprint density at radius 2 is 2.07 bits per heavy atom. The maximum atomic E-state index is 11.4. The quantitative estimate of drug-likeness (QED) is 0.349. The molecule has 3 aromatic rings. The molecule has 0 unspecified atom stereocenters. The lowest BCUT2D eigenvalue weighted by atomic mass is 10.1. The number of hydrogen-bond acceptors (Lipinski definition) is 7. The summed E-state index contributed by atoms with van der Waals surface area (Å²) >= 11 is 0. The van der Waals surface area contributed by atoms with Crippen molar-refractivity contribution in [2.75, 3.05) is 25.2 Å². The highest BCUT2D eigenvalue weighted by Gasteiger charge is 2.17. The van der Waals surface area contributed by atoms with Gasteiger partial charge in [-0.1, -0.05) is 19.1 Å². The highest BCUT2D eigenvalue weighted by Crippen LogP contribution is 2.31. The van der Waals surface area contributed by atoms with Crippen molar-refractivity contribution in [3.63, 3.8) is 0 Å². The van der Waals surface area contributed by atoms with Crippen molar-refractivity contribution in [2.24, 2.45) is 0 Å². The molecule has 0 bridgehead atoms. The predicted molar refractivity (Wildman–Crippen MR) is 110 cm³/mol. The van der Waals surface area contributed by atoms with Gasteiger partial charge >= 0.3 is 10.1 Å². The van der Waals surface area contributed by atoms with Crippen molar-refractivity contribution in [3.8, 4) is 5.75 Å². The Morgan fingerprint density at radius 3 is 2.71 bits per heavy atom. The number of pyridine rings is 1. The Morgan fingerprint density at radius 1 is 1.32 bits per heavy atom. The molecular formula is C19H24N4O4S. The van der Waals surface area contributed by atoms with E-state index in [-0.39, 0.29) is 11.6 Å². The molecule has 8 nitrogen and oxygen atoms in total. The normalized spacial score (nSPS) is 12.0. The summed E-state index contributed by atoms with van der Waals surface area (Å²) in [5.41, 5.74) is 9.12. The third-order valence-corrected chi connectivity index (χ3v) is 4.62. The third kappa shape index (κ3) is 4.26. The fourth-order valence-corrected chi connectivity index (χ4v) is 3.53. The van der Waals surface area contributed by atoms with Crippen LogP contribution < -0.4 is 9.92 Å². The molecule has 2 N–H and O–H groups in total. The van der Waals surface area contributed by atoms with E-state index in [1.165, 1.54) is 0 Å². The fourth-order valence-electron chi connectivity index (χ4n) is 3.08. The summed E-state index contributed by atoms with van der Waals surface area (Å²) in [4.78, 5) is 9.04. The minimum Gasteiger partial charge on any atom is -0.383 e. The summed E-state index contributed by atoms with van der Waals surface area (Å²) in [7, 11) is -3.63. The standard InChI is InChI=1S/C19H24N4O4S/c1-5-16-22-17-18(23(16)8-9-26-11-12(2)3)14-7-6-13(27-28(4,24)25)10-15(14)21-19(17)20/h6-7,10H,2,5,8-9,11H2,1,3-4H3,(H2,20,21). The molecular weight excluding hydrogens is 380 g/mol. The van der Waals surface area contributed by atoms with E-state index in [2.05, 4.69) is 21.1 Å². The third-order valence-electron chi connectivity index (χ3n) is 4.13. The maximum Gasteiger partial charge on any atom is 0.306 e. The number of anilines is 1. The highest BCUT2D eigenvalue weighted by atomic mass is 32.2. The predicted octanol–water partition coefficient (Wildman–Crippen LogP) is 2.66. The summed E-state index contributed by atoms with van der Waals surface area (Å²) < 4.78 is 35.5. The molecule has 0 amide bonds. The molecule has 3 rings (SSSR count). The lowest BCUT2D eigenvalue weighted by Crippen LogP contribution is -2.10. The van der Waals surface area contributed by atoms with E-state index in [0.717, 1.165) is 35.0 Å². The Bertz CT molecular complexity index is 1150. The lowest BCUT2D eigenvalue weighted by molar-refractivity contribution is 0.147. The van der Waals surface area contributed by atoms with E-state index < -0.39 is 10.1 Å². The Kier molecular flexibility index (Phi) is 5.57. The summed E-state index contributed by atoms with van der Waals surface area (Å²) in [5, 5.41) is 0.817. The van der Waals surface area contributed by atoms with Gasteiger partial charge in [0.05, 0.1) is 30.5 Å². The van der Waals surface area contributed by atoms with Crippen molar-refractivity contribution in [1.29, 1.82) is 0 Å². The topological polar surface area (TPSA) is 109 Å². The molecule has 0 aliphatic rings. The van der Waals surface area contributed by atoms with E-state index in [9.17, 15) is 8.42 Å². The molecule has 2 aromatic heterocycles. The minimum absolute atomic E-state index is 0.188. The number of imidazole rings is 1. The first-order chi connectivity index (χ1) is 13.2. The van der Waals surface area contributed by atoms with Crippen LogP contribution in [-0.2, 0) is 27.8 Å². The average molecular weight is 404 g/mol. The Labute approximate surface area is 164 Å². The van der Waals surface area contributed by atoms with Gasteiger partial charge in [0.25, 0.3) is 0 Å². The van der Waals surface area contributed by atoms with Gasteiger partial charge in [-0.15, -0.1) is 0 Å². The molecule has 2 heterocycles. The fraction of sp³-hybridized carbons (Fsp3) is 0.368. The number of aryl methyl sites for hydroxylation is 1. The van der Waals surface area contributed by atoms with Gasteiger partial charge in [0.1, 0.15) is 17.1 Å². The molecule has 0 fully saturated rings. The van der Waals surface area contributed by atoms with Crippen LogP contribution in [0.1, 0.15) is 19.7 Å². The number of hydrogen-bond donors (Lipinski definition) is 1. The number of nitrogens with zero attached hydrogens (tertiary/aromatic N) is 3. The molecule has 0 saturated carbocycles. The molecule has 0 atom stereocenters. The number of rotatable bonds is 8. The van der Waals surface area contributed by atoms with Crippen LogP contribution in [0.5, 0.6) is 5.75 Å². The summed E-state index contributed by atoms with van der Waals surface area (Å²) in [6.07, 6.45) is 1.72. The first-order valence-electron chi connectivity index (χ1n) is 8.89. The first-order valence-corrected chi connectivity index (χ1v) is 10.7. The highest BCUT2D eigenvalue weighted by molar-refractivity contribution is 7.86. The van der Waals surface area contributed by atoms with Crippen molar-refractivity contribution in [3.05, 3.63) is 36.2 Å². The van der Waals surface area contributed by atoms with Crippen LogP contribution in [0.2, 0.25) is 0 Å². The summed E-state index contributed by atoms with van der Waals surface area (Å²) in [6.45, 7) is 9.39. The second-order valence-corrected chi connectivity index (χ2v) is 8.28. The van der Waals surface area contributed by atoms with Crippen molar-refractivity contribution in [1.82, 2.24) is 14.5 Å². The first kappa shape index (κ1) is 20.1. The van der Waals surface area contributed by atoms with Crippen LogP contribution in [0, 0.1) is 0 Å². The summed E-state index contributed by atoms with van der Waals surface area (Å²) in [5.74, 6) is 1.36. The number of nitrogens with two attached hydrogens (primary N) is 1. The van der Waals surface area contributed by atoms with Gasteiger partial charge < -0.3 is 19.2 Å². The van der Waals surface area contributed by atoms with E-state index in [4.69, 9.17) is 14.7 Å². The second-order valence-electron chi connectivity index (χ2n) is 6.70. The van der Waals surface area contributed by atoms with Crippen LogP contribution >= 0.6 is 0 Å². The maximum absolute atomic E-state index is 11.4. The van der Waals surface area contributed by atoms with Crippen LogP contribution in [0.4, 0.5) is 5.82 Å². The molecule has 0 saturated heterocycles. The number of nitrogen functional groups attached to an aromatic ring is 1. The number of benzene rings is 1. The van der Waals surface area contributed by atoms with Crippen molar-refractivity contribution < 1.29 is 17.3 Å². The van der Waals surface area contributed by atoms with Crippen LogP contribution in [0.25, 0.3) is 21.9 Å².